The third kappa shape index (κ3) is 4.87. The highest BCUT2D eigenvalue weighted by Crippen LogP contribution is 2.25. The molecule has 1 heterocycles. The number of nitrogens with one attached hydrogen (secondary N) is 1. The summed E-state index contributed by atoms with van der Waals surface area (Å²) >= 11 is 11.9. The molecule has 2 aromatic carbocycles. The average molecular weight is 438 g/mol. The number of aromatic nitrogens is 2. The highest BCUT2D eigenvalue weighted by Gasteiger charge is 2.18. The van der Waals surface area contributed by atoms with Crippen molar-refractivity contribution in [2.24, 2.45) is 0 Å². The molecule has 0 aliphatic rings. The van der Waals surface area contributed by atoms with Gasteiger partial charge in [-0.15, -0.1) is 0 Å². The van der Waals surface area contributed by atoms with Gasteiger partial charge in [-0.2, -0.15) is 5.10 Å². The molecule has 0 amide bonds. The Morgan fingerprint density at radius 2 is 1.68 bits per heavy atom. The fourth-order valence-electron chi connectivity index (χ4n) is 2.66. The lowest BCUT2D eigenvalue weighted by Gasteiger charge is -2.19. The van der Waals surface area contributed by atoms with Gasteiger partial charge in [0.05, 0.1) is 21.5 Å². The summed E-state index contributed by atoms with van der Waals surface area (Å²) in [5.74, 6) is 0.250. The Morgan fingerprint density at radius 1 is 1.00 bits per heavy atom. The number of halogens is 2. The van der Waals surface area contributed by atoms with Gasteiger partial charge in [0, 0.05) is 12.3 Å². The first-order valence-corrected chi connectivity index (χ1v) is 10.9. The van der Waals surface area contributed by atoms with Crippen molar-refractivity contribution >= 4 is 39.0 Å². The quantitative estimate of drug-likeness (QED) is 0.585. The van der Waals surface area contributed by atoms with Crippen LogP contribution in [0.1, 0.15) is 31.9 Å². The molecule has 148 valence electrons. The van der Waals surface area contributed by atoms with E-state index >= 15 is 0 Å². The second-order valence-electron chi connectivity index (χ2n) is 7.53. The molecule has 0 spiro atoms. The number of rotatable bonds is 5. The molecule has 1 aromatic heterocycles. The minimum absolute atomic E-state index is 0.0426. The minimum atomic E-state index is -3.71. The first-order chi connectivity index (χ1) is 13.0. The first kappa shape index (κ1) is 20.7. The van der Waals surface area contributed by atoms with Crippen molar-refractivity contribution in [3.05, 3.63) is 75.9 Å². The highest BCUT2D eigenvalue weighted by atomic mass is 35.5. The van der Waals surface area contributed by atoms with Gasteiger partial charge in [0.1, 0.15) is 0 Å². The third-order valence-corrected chi connectivity index (χ3v) is 6.35. The smallest absolute Gasteiger partial charge is 0.263 e. The summed E-state index contributed by atoms with van der Waals surface area (Å²) in [7, 11) is -3.71. The van der Waals surface area contributed by atoms with Crippen LogP contribution in [-0.2, 0) is 22.0 Å². The second-order valence-corrected chi connectivity index (χ2v) is 10.0. The van der Waals surface area contributed by atoms with Crippen LogP contribution in [-0.4, -0.2) is 18.2 Å². The van der Waals surface area contributed by atoms with Gasteiger partial charge in [0.25, 0.3) is 10.0 Å². The van der Waals surface area contributed by atoms with E-state index in [0.29, 0.717) is 16.6 Å². The van der Waals surface area contributed by atoms with E-state index in [1.54, 1.807) is 41.2 Å². The normalized spacial score (nSPS) is 12.2. The molecule has 0 saturated heterocycles. The van der Waals surface area contributed by atoms with Crippen LogP contribution in [0.4, 0.5) is 5.82 Å². The van der Waals surface area contributed by atoms with Gasteiger partial charge in [0.2, 0.25) is 0 Å². The largest absolute Gasteiger partial charge is 0.266 e. The number of benzene rings is 2. The van der Waals surface area contributed by atoms with Gasteiger partial charge in [0.15, 0.2) is 5.82 Å². The standard InChI is InChI=1S/C20H21Cl2N3O2S/c1-20(2,3)15-5-7-16(8-6-15)28(26,27)24-19-10-11-25(23-19)13-14-4-9-17(21)18(22)12-14/h4-12H,13H2,1-3H3,(H,23,24). The molecule has 0 saturated carbocycles. The van der Waals surface area contributed by atoms with Crippen LogP contribution >= 0.6 is 23.2 Å². The number of hydrogen-bond acceptors (Lipinski definition) is 3. The summed E-state index contributed by atoms with van der Waals surface area (Å²) in [6.07, 6.45) is 1.70. The molecule has 8 heteroatoms. The number of hydrogen-bond donors (Lipinski definition) is 1. The van der Waals surface area contributed by atoms with Crippen LogP contribution in [0.5, 0.6) is 0 Å². The summed E-state index contributed by atoms with van der Waals surface area (Å²) in [5, 5.41) is 5.22. The maximum Gasteiger partial charge on any atom is 0.263 e. The van der Waals surface area contributed by atoms with E-state index in [2.05, 4.69) is 30.6 Å². The Bertz CT molecular complexity index is 1090. The van der Waals surface area contributed by atoms with E-state index in [9.17, 15) is 8.42 Å². The van der Waals surface area contributed by atoms with E-state index in [1.165, 1.54) is 0 Å². The van der Waals surface area contributed by atoms with Gasteiger partial charge in [-0.05, 0) is 40.8 Å². The molecule has 0 unspecified atom stereocenters. The van der Waals surface area contributed by atoms with E-state index < -0.39 is 10.0 Å². The van der Waals surface area contributed by atoms with Crippen LogP contribution < -0.4 is 4.72 Å². The zero-order valence-electron chi connectivity index (χ0n) is 15.8. The molecular formula is C20H21Cl2N3O2S. The Morgan fingerprint density at radius 3 is 2.29 bits per heavy atom. The molecule has 0 aliphatic carbocycles. The topological polar surface area (TPSA) is 64.0 Å². The second kappa shape index (κ2) is 7.78. The first-order valence-electron chi connectivity index (χ1n) is 8.65. The summed E-state index contributed by atoms with van der Waals surface area (Å²) in [4.78, 5) is 0.194. The average Bonchev–Trinajstić information content (AvgIpc) is 3.04. The van der Waals surface area contributed by atoms with Crippen LogP contribution in [0.25, 0.3) is 0 Å². The molecule has 0 radical (unpaired) electrons. The van der Waals surface area contributed by atoms with Crippen LogP contribution in [0.3, 0.4) is 0 Å². The van der Waals surface area contributed by atoms with Crippen molar-refractivity contribution in [3.8, 4) is 0 Å². The maximum atomic E-state index is 12.6. The third-order valence-electron chi connectivity index (χ3n) is 4.24. The fraction of sp³-hybridized carbons (Fsp3) is 0.250. The number of nitrogens with zero attached hydrogens (tertiary/aromatic N) is 2. The summed E-state index contributed by atoms with van der Waals surface area (Å²) in [6.45, 7) is 6.68. The molecule has 0 fully saturated rings. The zero-order valence-corrected chi connectivity index (χ0v) is 18.1. The summed E-state index contributed by atoms with van der Waals surface area (Å²) in [6, 6.07) is 13.8. The van der Waals surface area contributed by atoms with Crippen molar-refractivity contribution in [1.29, 1.82) is 0 Å². The Hall–Kier alpha value is -2.02. The summed E-state index contributed by atoms with van der Waals surface area (Å²) < 4.78 is 29.4. The van der Waals surface area contributed by atoms with E-state index in [0.717, 1.165) is 11.1 Å². The molecule has 28 heavy (non-hydrogen) atoms. The van der Waals surface area contributed by atoms with E-state index in [1.807, 2.05) is 18.2 Å². The van der Waals surface area contributed by atoms with Gasteiger partial charge in [-0.1, -0.05) is 62.2 Å². The van der Waals surface area contributed by atoms with Crippen molar-refractivity contribution in [3.63, 3.8) is 0 Å². The molecule has 3 rings (SSSR count). The molecule has 3 aromatic rings. The number of anilines is 1. The van der Waals surface area contributed by atoms with Gasteiger partial charge in [-0.3, -0.25) is 9.40 Å². The Balaban J connectivity index is 1.73. The predicted octanol–water partition coefficient (Wildman–Crippen LogP) is 5.34. The van der Waals surface area contributed by atoms with Crippen molar-refractivity contribution < 1.29 is 8.42 Å². The van der Waals surface area contributed by atoms with Gasteiger partial charge < -0.3 is 0 Å². The van der Waals surface area contributed by atoms with Crippen molar-refractivity contribution in [1.82, 2.24) is 9.78 Å². The van der Waals surface area contributed by atoms with E-state index in [-0.39, 0.29) is 16.1 Å². The highest BCUT2D eigenvalue weighted by molar-refractivity contribution is 7.92. The van der Waals surface area contributed by atoms with Crippen LogP contribution in [0.15, 0.2) is 59.6 Å². The molecule has 1 N–H and O–H groups in total. The van der Waals surface area contributed by atoms with Crippen LogP contribution in [0, 0.1) is 0 Å². The van der Waals surface area contributed by atoms with Crippen molar-refractivity contribution in [2.45, 2.75) is 37.6 Å². The Kier molecular flexibility index (Phi) is 5.75. The molecule has 0 atom stereocenters. The molecule has 5 nitrogen and oxygen atoms in total. The van der Waals surface area contributed by atoms with Crippen LogP contribution in [0.2, 0.25) is 10.0 Å². The molecular weight excluding hydrogens is 417 g/mol. The van der Waals surface area contributed by atoms with Gasteiger partial charge in [-0.25, -0.2) is 8.42 Å². The lowest BCUT2D eigenvalue weighted by Crippen LogP contribution is -2.15. The predicted molar refractivity (Wildman–Crippen MR) is 114 cm³/mol. The molecule has 0 aliphatic heterocycles. The van der Waals surface area contributed by atoms with Crippen molar-refractivity contribution in [2.75, 3.05) is 4.72 Å². The monoisotopic (exact) mass is 437 g/mol. The summed E-state index contributed by atoms with van der Waals surface area (Å²) in [5.41, 5.74) is 1.93. The Labute approximate surface area is 175 Å². The maximum absolute atomic E-state index is 12.6. The van der Waals surface area contributed by atoms with E-state index in [4.69, 9.17) is 23.2 Å². The minimum Gasteiger partial charge on any atom is -0.266 e. The fourth-order valence-corrected chi connectivity index (χ4v) is 3.98. The lowest BCUT2D eigenvalue weighted by molar-refractivity contribution is 0.587. The molecule has 0 bridgehead atoms. The number of sulfonamides is 1. The van der Waals surface area contributed by atoms with Gasteiger partial charge >= 0.3 is 0 Å². The lowest BCUT2D eigenvalue weighted by atomic mass is 9.87. The zero-order chi connectivity index (χ0) is 20.5. The SMILES string of the molecule is CC(C)(C)c1ccc(S(=O)(=O)Nc2ccn(Cc3ccc(Cl)c(Cl)c3)n2)cc1.